The molecule has 4 nitrogen and oxygen atoms in total. The van der Waals surface area contributed by atoms with Crippen molar-refractivity contribution in [3.05, 3.63) is 70.6 Å². The summed E-state index contributed by atoms with van der Waals surface area (Å²) in [5, 5.41) is 0. The van der Waals surface area contributed by atoms with E-state index in [0.29, 0.717) is 17.9 Å². The number of fused-ring (bicyclic) bond motifs is 8. The van der Waals surface area contributed by atoms with Crippen LogP contribution in [0.1, 0.15) is 29.4 Å². The highest BCUT2D eigenvalue weighted by Gasteiger charge is 2.51. The average Bonchev–Trinajstić information content (AvgIpc) is 2.72. The Morgan fingerprint density at radius 2 is 1.43 bits per heavy atom. The molecule has 6 rings (SSSR count). The quantitative estimate of drug-likeness (QED) is 0.497. The van der Waals surface area contributed by atoms with Crippen LogP contribution in [0.3, 0.4) is 0 Å². The van der Waals surface area contributed by atoms with E-state index >= 15 is 0 Å². The summed E-state index contributed by atoms with van der Waals surface area (Å²) in [5.74, 6) is 1.67. The third kappa shape index (κ3) is 2.26. The van der Waals surface area contributed by atoms with Gasteiger partial charge in [0, 0.05) is 23.2 Å². The zero-order chi connectivity index (χ0) is 18.8. The predicted molar refractivity (Wildman–Crippen MR) is 105 cm³/mol. The van der Waals surface area contributed by atoms with Crippen LogP contribution in [0.4, 0.5) is 0 Å². The normalized spacial score (nSPS) is 32.4. The molecule has 0 spiro atoms. The van der Waals surface area contributed by atoms with Crippen LogP contribution in [0.25, 0.3) is 0 Å². The maximum Gasteiger partial charge on any atom is 0.315 e. The SMILES string of the molecule is O=C1Oc2ccccc2[C@H]2[C@@H]1CSC1=C[C@@H]3c4ccccc4OC(=O)[C@H]3C[C@@H]12. The number of allylic oxidation sites excluding steroid dienone is 2. The number of ether oxygens (including phenoxy) is 2. The molecule has 0 aromatic heterocycles. The van der Waals surface area contributed by atoms with Gasteiger partial charge in [-0.2, -0.15) is 0 Å². The van der Waals surface area contributed by atoms with E-state index in [1.165, 1.54) is 4.91 Å². The Labute approximate surface area is 166 Å². The Bertz CT molecular complexity index is 1040. The fraction of sp³-hybridized carbons (Fsp3) is 0.304. The number of carbonyl (C=O) groups excluding carboxylic acids is 2. The Balaban J connectivity index is 1.47. The largest absolute Gasteiger partial charge is 0.426 e. The van der Waals surface area contributed by atoms with E-state index in [-0.39, 0.29) is 41.5 Å². The molecule has 140 valence electrons. The van der Waals surface area contributed by atoms with Gasteiger partial charge < -0.3 is 9.47 Å². The second-order valence-electron chi connectivity index (χ2n) is 7.90. The lowest BCUT2D eigenvalue weighted by Gasteiger charge is -2.46. The summed E-state index contributed by atoms with van der Waals surface area (Å²) >= 11 is 1.75. The zero-order valence-corrected chi connectivity index (χ0v) is 15.9. The van der Waals surface area contributed by atoms with Gasteiger partial charge in [0.1, 0.15) is 11.5 Å². The lowest BCUT2D eigenvalue weighted by Crippen LogP contribution is -2.44. The molecule has 1 aliphatic carbocycles. The molecule has 1 fully saturated rings. The fourth-order valence-corrected chi connectivity index (χ4v) is 6.68. The van der Waals surface area contributed by atoms with E-state index < -0.39 is 0 Å². The molecule has 0 N–H and O–H groups in total. The van der Waals surface area contributed by atoms with E-state index in [4.69, 9.17) is 9.47 Å². The Morgan fingerprint density at radius 1 is 0.786 bits per heavy atom. The van der Waals surface area contributed by atoms with Crippen molar-refractivity contribution in [2.75, 3.05) is 5.75 Å². The summed E-state index contributed by atoms with van der Waals surface area (Å²) in [6.07, 6.45) is 2.97. The number of para-hydroxylation sites is 2. The van der Waals surface area contributed by atoms with Gasteiger partial charge in [0.05, 0.1) is 11.8 Å². The van der Waals surface area contributed by atoms with Crippen molar-refractivity contribution in [3.63, 3.8) is 0 Å². The average molecular weight is 390 g/mol. The summed E-state index contributed by atoms with van der Waals surface area (Å²) in [7, 11) is 0. The topological polar surface area (TPSA) is 52.6 Å². The first-order chi connectivity index (χ1) is 13.7. The first-order valence-electron chi connectivity index (χ1n) is 9.66. The molecule has 0 bridgehead atoms. The molecule has 0 amide bonds. The van der Waals surface area contributed by atoms with Crippen LogP contribution in [0.15, 0.2) is 59.5 Å². The standard InChI is InChI=1S/C23H18O4S/c24-22-15-9-16-20(10-14(15)12-5-1-3-7-18(12)26-22)28-11-17-21(16)13-6-2-4-8-19(13)27-23(17)25/h1-8,10,14-17,21H,9,11H2/t14-,15+,16+,17+,21-/m1/s1. The van der Waals surface area contributed by atoms with Crippen LogP contribution in [0, 0.1) is 17.8 Å². The molecule has 3 aliphatic heterocycles. The van der Waals surface area contributed by atoms with Gasteiger partial charge >= 0.3 is 11.9 Å². The molecule has 5 heteroatoms. The van der Waals surface area contributed by atoms with E-state index in [1.807, 2.05) is 36.4 Å². The first kappa shape index (κ1) is 16.4. The second-order valence-corrected chi connectivity index (χ2v) is 9.00. The number of benzene rings is 2. The van der Waals surface area contributed by atoms with Crippen molar-refractivity contribution in [1.29, 1.82) is 0 Å². The van der Waals surface area contributed by atoms with E-state index in [1.54, 1.807) is 11.8 Å². The van der Waals surface area contributed by atoms with Crippen LogP contribution in [-0.4, -0.2) is 17.7 Å². The molecule has 2 aromatic rings. The van der Waals surface area contributed by atoms with Crippen molar-refractivity contribution in [3.8, 4) is 11.5 Å². The fourth-order valence-electron chi connectivity index (χ4n) is 5.27. The Morgan fingerprint density at radius 3 is 2.21 bits per heavy atom. The molecule has 0 saturated carbocycles. The molecule has 2 aromatic carbocycles. The summed E-state index contributed by atoms with van der Waals surface area (Å²) < 4.78 is 11.2. The number of thioether (sulfide) groups is 1. The monoisotopic (exact) mass is 390 g/mol. The van der Waals surface area contributed by atoms with Gasteiger partial charge in [-0.25, -0.2) is 0 Å². The third-order valence-corrected chi connectivity index (χ3v) is 7.83. The molecule has 28 heavy (non-hydrogen) atoms. The first-order valence-corrected chi connectivity index (χ1v) is 10.6. The van der Waals surface area contributed by atoms with Crippen molar-refractivity contribution in [2.45, 2.75) is 18.3 Å². The maximum atomic E-state index is 12.8. The lowest BCUT2D eigenvalue weighted by molar-refractivity contribution is -0.142. The van der Waals surface area contributed by atoms with Gasteiger partial charge in [-0.05, 0) is 34.9 Å². The van der Waals surface area contributed by atoms with Crippen LogP contribution in [-0.2, 0) is 9.59 Å². The zero-order valence-electron chi connectivity index (χ0n) is 15.0. The van der Waals surface area contributed by atoms with Gasteiger partial charge in [0.25, 0.3) is 0 Å². The molecule has 0 unspecified atom stereocenters. The van der Waals surface area contributed by atoms with Crippen LogP contribution in [0.5, 0.6) is 11.5 Å². The minimum Gasteiger partial charge on any atom is -0.426 e. The predicted octanol–water partition coefficient (Wildman–Crippen LogP) is 4.28. The number of esters is 2. The minimum absolute atomic E-state index is 0.0542. The maximum absolute atomic E-state index is 12.8. The molecular weight excluding hydrogens is 372 g/mol. The third-order valence-electron chi connectivity index (χ3n) is 6.53. The van der Waals surface area contributed by atoms with Gasteiger partial charge in [-0.15, -0.1) is 11.8 Å². The summed E-state index contributed by atoms with van der Waals surface area (Å²) in [6, 6.07) is 15.6. The molecular formula is C23H18O4S. The van der Waals surface area contributed by atoms with Crippen molar-refractivity contribution >= 4 is 23.7 Å². The number of hydrogen-bond acceptors (Lipinski definition) is 5. The molecule has 1 saturated heterocycles. The van der Waals surface area contributed by atoms with Gasteiger partial charge in [0.15, 0.2) is 0 Å². The van der Waals surface area contributed by atoms with Gasteiger partial charge in [-0.1, -0.05) is 42.5 Å². The van der Waals surface area contributed by atoms with E-state index in [0.717, 1.165) is 16.9 Å². The highest BCUT2D eigenvalue weighted by atomic mass is 32.2. The Hall–Kier alpha value is -2.53. The highest BCUT2D eigenvalue weighted by Crippen LogP contribution is 2.58. The summed E-state index contributed by atoms with van der Waals surface area (Å²) in [6.45, 7) is 0. The lowest BCUT2D eigenvalue weighted by atomic mass is 9.66. The van der Waals surface area contributed by atoms with Gasteiger partial charge in [-0.3, -0.25) is 9.59 Å². The molecule has 0 radical (unpaired) electrons. The van der Waals surface area contributed by atoms with Crippen LogP contribution < -0.4 is 9.47 Å². The van der Waals surface area contributed by atoms with E-state index in [9.17, 15) is 9.59 Å². The highest BCUT2D eigenvalue weighted by molar-refractivity contribution is 8.03. The van der Waals surface area contributed by atoms with Crippen molar-refractivity contribution < 1.29 is 19.1 Å². The number of carbonyl (C=O) groups is 2. The summed E-state index contributed by atoms with van der Waals surface area (Å²) in [4.78, 5) is 26.7. The van der Waals surface area contributed by atoms with Crippen molar-refractivity contribution in [2.24, 2.45) is 17.8 Å². The minimum atomic E-state index is -0.201. The van der Waals surface area contributed by atoms with E-state index in [2.05, 4.69) is 18.2 Å². The van der Waals surface area contributed by atoms with Crippen LogP contribution >= 0.6 is 11.8 Å². The summed E-state index contributed by atoms with van der Waals surface area (Å²) in [5.41, 5.74) is 2.18. The molecule has 4 aliphatic rings. The van der Waals surface area contributed by atoms with Crippen LogP contribution in [0.2, 0.25) is 0 Å². The smallest absolute Gasteiger partial charge is 0.315 e. The Kier molecular flexibility index (Phi) is 3.51. The van der Waals surface area contributed by atoms with Crippen molar-refractivity contribution in [1.82, 2.24) is 0 Å². The second kappa shape index (κ2) is 5.98. The van der Waals surface area contributed by atoms with Gasteiger partial charge in [0.2, 0.25) is 0 Å². The molecule has 5 atom stereocenters. The number of hydrogen-bond donors (Lipinski definition) is 0. The number of rotatable bonds is 0. The molecule has 3 heterocycles.